The van der Waals surface area contributed by atoms with Crippen molar-refractivity contribution in [2.75, 3.05) is 6.54 Å². The number of aromatic amines is 1. The number of rotatable bonds is 2. The number of carbonyl (C=O) groups excluding carboxylic acids is 1. The van der Waals surface area contributed by atoms with Gasteiger partial charge in [0.15, 0.2) is 5.69 Å². The number of piperidine rings is 1. The van der Waals surface area contributed by atoms with E-state index in [1.54, 1.807) is 4.68 Å². The minimum Gasteiger partial charge on any atom is -0.329 e. The van der Waals surface area contributed by atoms with Crippen molar-refractivity contribution in [3.8, 4) is 0 Å². The number of likely N-dealkylation sites (tertiary alicyclic amines) is 1. The smallest absolute Gasteiger partial charge is 0.276 e. The SMILES string of the molecule is Cn1ccc([C@H]2CCCCN2C(=O)c2cn[nH]n2)n1. The Morgan fingerprint density at radius 3 is 3.05 bits per heavy atom. The van der Waals surface area contributed by atoms with Gasteiger partial charge in [0, 0.05) is 19.8 Å². The van der Waals surface area contributed by atoms with Gasteiger partial charge in [-0.25, -0.2) is 0 Å². The van der Waals surface area contributed by atoms with Gasteiger partial charge in [-0.15, -0.1) is 0 Å². The molecule has 3 heterocycles. The van der Waals surface area contributed by atoms with Crippen molar-refractivity contribution in [1.82, 2.24) is 30.1 Å². The fourth-order valence-electron chi connectivity index (χ4n) is 2.54. The van der Waals surface area contributed by atoms with Crippen molar-refractivity contribution >= 4 is 5.91 Å². The van der Waals surface area contributed by atoms with Crippen LogP contribution >= 0.6 is 0 Å². The first kappa shape index (κ1) is 11.9. The van der Waals surface area contributed by atoms with E-state index in [0.29, 0.717) is 5.69 Å². The highest BCUT2D eigenvalue weighted by molar-refractivity contribution is 5.92. The summed E-state index contributed by atoms with van der Waals surface area (Å²) in [5, 5.41) is 14.5. The molecule has 0 bridgehead atoms. The number of nitrogens with one attached hydrogen (secondary N) is 1. The average molecular weight is 260 g/mol. The zero-order valence-corrected chi connectivity index (χ0v) is 10.8. The van der Waals surface area contributed by atoms with E-state index in [9.17, 15) is 4.79 Å². The van der Waals surface area contributed by atoms with Gasteiger partial charge in [0.05, 0.1) is 17.9 Å². The van der Waals surface area contributed by atoms with Gasteiger partial charge in [-0.3, -0.25) is 9.48 Å². The second kappa shape index (κ2) is 4.83. The molecule has 100 valence electrons. The summed E-state index contributed by atoms with van der Waals surface area (Å²) in [6, 6.07) is 2.01. The van der Waals surface area contributed by atoms with Gasteiger partial charge in [-0.05, 0) is 25.3 Å². The highest BCUT2D eigenvalue weighted by atomic mass is 16.2. The van der Waals surface area contributed by atoms with Gasteiger partial charge in [0.25, 0.3) is 5.91 Å². The summed E-state index contributed by atoms with van der Waals surface area (Å²) in [6.45, 7) is 0.743. The molecule has 1 saturated heterocycles. The van der Waals surface area contributed by atoms with Crippen LogP contribution in [0.25, 0.3) is 0 Å². The Morgan fingerprint density at radius 2 is 2.37 bits per heavy atom. The maximum Gasteiger partial charge on any atom is 0.276 e. The van der Waals surface area contributed by atoms with Gasteiger partial charge < -0.3 is 4.90 Å². The first-order chi connectivity index (χ1) is 9.25. The molecule has 0 saturated carbocycles. The van der Waals surface area contributed by atoms with E-state index in [1.807, 2.05) is 24.2 Å². The quantitative estimate of drug-likeness (QED) is 0.870. The lowest BCUT2D eigenvalue weighted by Gasteiger charge is -2.34. The van der Waals surface area contributed by atoms with E-state index in [2.05, 4.69) is 20.5 Å². The summed E-state index contributed by atoms with van der Waals surface area (Å²) in [4.78, 5) is 14.3. The van der Waals surface area contributed by atoms with E-state index in [1.165, 1.54) is 6.20 Å². The van der Waals surface area contributed by atoms with Crippen LogP contribution in [0, 0.1) is 0 Å². The molecule has 3 rings (SSSR count). The van der Waals surface area contributed by atoms with Gasteiger partial charge >= 0.3 is 0 Å². The summed E-state index contributed by atoms with van der Waals surface area (Å²) in [5.41, 5.74) is 1.31. The summed E-state index contributed by atoms with van der Waals surface area (Å²) < 4.78 is 1.77. The number of hydrogen-bond donors (Lipinski definition) is 1. The molecule has 7 nitrogen and oxygen atoms in total. The Morgan fingerprint density at radius 1 is 1.47 bits per heavy atom. The predicted octanol–water partition coefficient (Wildman–Crippen LogP) is 0.906. The van der Waals surface area contributed by atoms with Crippen molar-refractivity contribution in [2.45, 2.75) is 25.3 Å². The standard InChI is InChI=1S/C12H16N6O/c1-17-7-5-9(15-17)11-4-2-3-6-18(11)12(19)10-8-13-16-14-10/h5,7-8,11H,2-4,6H2,1H3,(H,13,14,16)/t11-/m1/s1. The van der Waals surface area contributed by atoms with Crippen LogP contribution in [0.1, 0.15) is 41.5 Å². The van der Waals surface area contributed by atoms with Crippen LogP contribution in [0.4, 0.5) is 0 Å². The monoisotopic (exact) mass is 260 g/mol. The van der Waals surface area contributed by atoms with E-state index in [-0.39, 0.29) is 11.9 Å². The molecule has 19 heavy (non-hydrogen) atoms. The van der Waals surface area contributed by atoms with E-state index in [4.69, 9.17) is 0 Å². The molecule has 0 aliphatic carbocycles. The second-order valence-corrected chi connectivity index (χ2v) is 4.78. The van der Waals surface area contributed by atoms with Gasteiger partial charge in [-0.1, -0.05) is 0 Å². The third kappa shape index (κ3) is 2.23. The molecule has 1 N–H and O–H groups in total. The minimum absolute atomic E-state index is 0.0409. The summed E-state index contributed by atoms with van der Waals surface area (Å²) >= 11 is 0. The number of H-pyrrole nitrogens is 1. The highest BCUT2D eigenvalue weighted by Crippen LogP contribution is 2.30. The zero-order chi connectivity index (χ0) is 13.2. The first-order valence-electron chi connectivity index (χ1n) is 6.42. The molecule has 1 amide bonds. The van der Waals surface area contributed by atoms with Gasteiger partial charge in [0.2, 0.25) is 0 Å². The largest absolute Gasteiger partial charge is 0.329 e. The molecule has 1 aliphatic rings. The van der Waals surface area contributed by atoms with Crippen LogP contribution in [0.5, 0.6) is 0 Å². The molecule has 2 aromatic heterocycles. The molecule has 0 aromatic carbocycles. The lowest BCUT2D eigenvalue weighted by Crippen LogP contribution is -2.39. The van der Waals surface area contributed by atoms with Crippen LogP contribution < -0.4 is 0 Å². The topological polar surface area (TPSA) is 79.7 Å². The molecule has 7 heteroatoms. The van der Waals surface area contributed by atoms with Crippen LogP contribution in [-0.2, 0) is 7.05 Å². The fourth-order valence-corrected chi connectivity index (χ4v) is 2.54. The Labute approximate surface area is 110 Å². The van der Waals surface area contributed by atoms with Crippen LogP contribution in [0.3, 0.4) is 0 Å². The molecule has 1 fully saturated rings. The number of aromatic nitrogens is 5. The number of aryl methyl sites for hydroxylation is 1. The number of hydrogen-bond acceptors (Lipinski definition) is 4. The molecule has 0 spiro atoms. The summed E-state index contributed by atoms with van der Waals surface area (Å²) in [6.07, 6.45) is 6.45. The van der Waals surface area contributed by atoms with Crippen LogP contribution in [0.15, 0.2) is 18.5 Å². The third-order valence-corrected chi connectivity index (χ3v) is 3.47. The Bertz CT molecular complexity index is 561. The number of carbonyl (C=O) groups is 1. The molecule has 1 aliphatic heterocycles. The summed E-state index contributed by atoms with van der Waals surface area (Å²) in [5.74, 6) is -0.0795. The van der Waals surface area contributed by atoms with Crippen LogP contribution in [0.2, 0.25) is 0 Å². The predicted molar refractivity (Wildman–Crippen MR) is 67.2 cm³/mol. The maximum atomic E-state index is 12.4. The number of amides is 1. The van der Waals surface area contributed by atoms with Crippen molar-refractivity contribution in [3.05, 3.63) is 29.8 Å². The Hall–Kier alpha value is -2.18. The highest BCUT2D eigenvalue weighted by Gasteiger charge is 2.31. The normalized spacial score (nSPS) is 19.6. The van der Waals surface area contributed by atoms with Crippen LogP contribution in [-0.4, -0.2) is 42.5 Å². The van der Waals surface area contributed by atoms with Gasteiger partial charge in [-0.2, -0.15) is 20.5 Å². The van der Waals surface area contributed by atoms with Gasteiger partial charge in [0.1, 0.15) is 0 Å². The molecule has 0 unspecified atom stereocenters. The van der Waals surface area contributed by atoms with E-state index < -0.39 is 0 Å². The average Bonchev–Trinajstić information content (AvgIpc) is 3.09. The number of nitrogens with zero attached hydrogens (tertiary/aromatic N) is 5. The molecule has 1 atom stereocenters. The van der Waals surface area contributed by atoms with E-state index >= 15 is 0 Å². The summed E-state index contributed by atoms with van der Waals surface area (Å²) in [7, 11) is 1.89. The molecule has 2 aromatic rings. The first-order valence-corrected chi connectivity index (χ1v) is 6.42. The second-order valence-electron chi connectivity index (χ2n) is 4.78. The fraction of sp³-hybridized carbons (Fsp3) is 0.500. The van der Waals surface area contributed by atoms with Crippen molar-refractivity contribution in [2.24, 2.45) is 7.05 Å². The minimum atomic E-state index is -0.0795. The Balaban J connectivity index is 1.87. The van der Waals surface area contributed by atoms with Crippen molar-refractivity contribution in [1.29, 1.82) is 0 Å². The lowest BCUT2D eigenvalue weighted by molar-refractivity contribution is 0.0599. The molecule has 0 radical (unpaired) electrons. The Kier molecular flexibility index (Phi) is 3.02. The van der Waals surface area contributed by atoms with Crippen molar-refractivity contribution < 1.29 is 4.79 Å². The van der Waals surface area contributed by atoms with E-state index in [0.717, 1.165) is 31.5 Å². The maximum absolute atomic E-state index is 12.4. The zero-order valence-electron chi connectivity index (χ0n) is 10.8. The lowest BCUT2D eigenvalue weighted by atomic mass is 9.99. The van der Waals surface area contributed by atoms with Crippen molar-refractivity contribution in [3.63, 3.8) is 0 Å². The molecular formula is C12H16N6O. The third-order valence-electron chi connectivity index (χ3n) is 3.47. The molecular weight excluding hydrogens is 244 g/mol.